The van der Waals surface area contributed by atoms with E-state index in [4.69, 9.17) is 24.7 Å². The van der Waals surface area contributed by atoms with Gasteiger partial charge in [-0.15, -0.1) is 0 Å². The maximum absolute atomic E-state index is 13.1. The third kappa shape index (κ3) is 7.49. The molecule has 2 aromatic carbocycles. The van der Waals surface area contributed by atoms with Crippen molar-refractivity contribution in [3.05, 3.63) is 52.2 Å². The number of aliphatic hydroxyl groups is 1. The summed E-state index contributed by atoms with van der Waals surface area (Å²) in [7, 11) is -4.79. The Labute approximate surface area is 212 Å². The molecule has 0 saturated carbocycles. The third-order valence-electron chi connectivity index (χ3n) is 5.77. The summed E-state index contributed by atoms with van der Waals surface area (Å²) in [5.41, 5.74) is 5.10. The quantitative estimate of drug-likeness (QED) is 0.110. The van der Waals surface area contributed by atoms with Crippen molar-refractivity contribution >= 4 is 29.8 Å². The molecular weight excluding hydrogens is 544 g/mol. The van der Waals surface area contributed by atoms with Gasteiger partial charge in [-0.3, -0.25) is 9.32 Å². The normalized spacial score (nSPS) is 14.7. The molecular formula is C23H25F5NO8P. The summed E-state index contributed by atoms with van der Waals surface area (Å²) in [6.45, 7) is -1.66. The summed E-state index contributed by atoms with van der Waals surface area (Å²) in [6.07, 6.45) is -7.39. The fourth-order valence-electron chi connectivity index (χ4n) is 3.56. The molecule has 0 bridgehead atoms. The van der Waals surface area contributed by atoms with E-state index in [0.29, 0.717) is 5.56 Å². The van der Waals surface area contributed by atoms with E-state index in [2.05, 4.69) is 4.52 Å². The van der Waals surface area contributed by atoms with Gasteiger partial charge in [-0.2, -0.15) is 22.0 Å². The van der Waals surface area contributed by atoms with Crippen LogP contribution in [-0.4, -0.2) is 52.4 Å². The Morgan fingerprint density at radius 1 is 0.974 bits per heavy atom. The summed E-state index contributed by atoms with van der Waals surface area (Å²) in [5, 5.41) is 9.82. The first-order chi connectivity index (χ1) is 17.5. The van der Waals surface area contributed by atoms with Crippen molar-refractivity contribution < 1.29 is 55.1 Å². The van der Waals surface area contributed by atoms with Crippen LogP contribution in [0.3, 0.4) is 0 Å². The summed E-state index contributed by atoms with van der Waals surface area (Å²) in [5.74, 6) is -4.75. The number of aryl methyl sites for hydroxylation is 1. The van der Waals surface area contributed by atoms with Crippen molar-refractivity contribution in [2.24, 2.45) is 5.73 Å². The Bertz CT molecular complexity index is 1390. The van der Waals surface area contributed by atoms with Gasteiger partial charge in [0.25, 0.3) is 0 Å². The summed E-state index contributed by atoms with van der Waals surface area (Å²) in [6, 6.07) is 8.81. The predicted octanol–water partition coefficient (Wildman–Crippen LogP) is 4.03. The van der Waals surface area contributed by atoms with Crippen LogP contribution < -0.4 is 15.9 Å². The van der Waals surface area contributed by atoms with E-state index in [1.54, 1.807) is 12.1 Å². The highest BCUT2D eigenvalue weighted by molar-refractivity contribution is 7.46. The molecule has 38 heavy (non-hydrogen) atoms. The Morgan fingerprint density at radius 2 is 1.61 bits per heavy atom. The van der Waals surface area contributed by atoms with Gasteiger partial charge in [0.05, 0.1) is 36.1 Å². The molecule has 0 saturated heterocycles. The Balaban J connectivity index is 1.75. The van der Waals surface area contributed by atoms with Crippen LogP contribution in [0.4, 0.5) is 22.0 Å². The number of halogens is 5. The molecule has 0 aliphatic rings. The molecule has 0 fully saturated rings. The number of hydrogen-bond acceptors (Lipinski definition) is 7. The molecule has 0 amide bonds. The largest absolute Gasteiger partial charge is 0.494 e. The van der Waals surface area contributed by atoms with Crippen LogP contribution in [0.1, 0.15) is 24.8 Å². The van der Waals surface area contributed by atoms with Crippen LogP contribution in [0, 0.1) is 0 Å². The van der Waals surface area contributed by atoms with Gasteiger partial charge in [0.15, 0.2) is 0 Å². The first kappa shape index (κ1) is 29.9. The highest BCUT2D eigenvalue weighted by Crippen LogP contribution is 2.39. The zero-order valence-corrected chi connectivity index (χ0v) is 20.6. The van der Waals surface area contributed by atoms with Crippen LogP contribution in [0.2, 0.25) is 0 Å². The topological polar surface area (TPSA) is 152 Å². The maximum atomic E-state index is 13.1. The molecule has 0 aliphatic carbocycles. The highest BCUT2D eigenvalue weighted by Gasteiger charge is 2.56. The average Bonchev–Trinajstić information content (AvgIpc) is 2.83. The minimum Gasteiger partial charge on any atom is -0.494 e. The molecule has 1 unspecified atom stereocenters. The summed E-state index contributed by atoms with van der Waals surface area (Å²) >= 11 is 0. The van der Waals surface area contributed by atoms with E-state index in [1.165, 1.54) is 24.3 Å². The molecule has 1 aromatic heterocycles. The van der Waals surface area contributed by atoms with Crippen LogP contribution in [-0.2, 0) is 15.5 Å². The second-order valence-electron chi connectivity index (χ2n) is 8.86. The number of ether oxygens (including phenoxy) is 1. The van der Waals surface area contributed by atoms with Gasteiger partial charge in [0.1, 0.15) is 16.9 Å². The average molecular weight is 569 g/mol. The maximum Gasteiger partial charge on any atom is 0.469 e. The number of phosphoric acid groups is 1. The molecule has 3 aromatic rings. The number of fused-ring (bicyclic) bond motifs is 2. The van der Waals surface area contributed by atoms with Crippen LogP contribution in [0.5, 0.6) is 5.75 Å². The summed E-state index contributed by atoms with van der Waals surface area (Å²) < 4.78 is 89.2. The van der Waals surface area contributed by atoms with Crippen molar-refractivity contribution in [2.45, 2.75) is 43.3 Å². The Morgan fingerprint density at radius 3 is 2.21 bits per heavy atom. The first-order valence-electron chi connectivity index (χ1n) is 11.2. The van der Waals surface area contributed by atoms with E-state index < -0.39 is 63.6 Å². The van der Waals surface area contributed by atoms with Gasteiger partial charge in [0, 0.05) is 6.42 Å². The van der Waals surface area contributed by atoms with E-state index in [0.717, 1.165) is 0 Å². The molecule has 9 nitrogen and oxygen atoms in total. The van der Waals surface area contributed by atoms with Crippen LogP contribution in [0.15, 0.2) is 45.6 Å². The Kier molecular flexibility index (Phi) is 8.86. The first-order valence-corrected chi connectivity index (χ1v) is 12.7. The van der Waals surface area contributed by atoms with Crippen molar-refractivity contribution in [1.29, 1.82) is 0 Å². The lowest BCUT2D eigenvalue weighted by Crippen LogP contribution is -2.48. The standard InChI is InChI=1S/C23H25F5NO8P/c24-22(25,23(26,27)28)7-1-9-35-15-3-5-19-17(11-15)20(31)16-10-14(2-4-18(16)37-19)6-8-21(29,12-30)13-36-38(32,33)34/h2-5,10-11,30H,1,6-9,12-13,29H2,(H2,32,33,34). The fraction of sp³-hybridized carbons (Fsp3) is 0.435. The van der Waals surface area contributed by atoms with Crippen molar-refractivity contribution in [2.75, 3.05) is 19.8 Å². The van der Waals surface area contributed by atoms with Crippen molar-refractivity contribution in [3.63, 3.8) is 0 Å². The van der Waals surface area contributed by atoms with Crippen LogP contribution in [0.25, 0.3) is 21.9 Å². The second kappa shape index (κ2) is 11.2. The van der Waals surface area contributed by atoms with Gasteiger partial charge in [-0.25, -0.2) is 4.57 Å². The highest BCUT2D eigenvalue weighted by atomic mass is 31.2. The van der Waals surface area contributed by atoms with Crippen LogP contribution >= 0.6 is 7.82 Å². The SMILES string of the molecule is NC(CO)(CCc1ccc2oc3ccc(OCCCC(F)(F)C(F)(F)F)cc3c(=O)c2c1)COP(=O)(O)O. The third-order valence-corrected chi connectivity index (χ3v) is 6.23. The van der Waals surface area contributed by atoms with E-state index in [1.807, 2.05) is 0 Å². The van der Waals surface area contributed by atoms with Gasteiger partial charge in [0.2, 0.25) is 5.43 Å². The monoisotopic (exact) mass is 569 g/mol. The number of hydrogen-bond donors (Lipinski definition) is 4. The molecule has 1 heterocycles. The minimum absolute atomic E-state index is 0.0549. The smallest absolute Gasteiger partial charge is 0.469 e. The molecule has 0 aliphatic heterocycles. The lowest BCUT2D eigenvalue weighted by Gasteiger charge is -2.27. The Hall–Kier alpha value is -2.61. The molecule has 0 radical (unpaired) electrons. The molecule has 1 atom stereocenters. The number of phosphoric ester groups is 1. The number of alkyl halides is 5. The molecule has 210 valence electrons. The number of nitrogens with two attached hydrogens (primary N) is 1. The predicted molar refractivity (Wildman–Crippen MR) is 126 cm³/mol. The molecule has 0 spiro atoms. The van der Waals surface area contributed by atoms with Gasteiger partial charge >= 0.3 is 19.9 Å². The minimum atomic E-state index is -5.64. The van der Waals surface area contributed by atoms with Crippen molar-refractivity contribution in [3.8, 4) is 5.75 Å². The second-order valence-corrected chi connectivity index (χ2v) is 10.1. The number of aliphatic hydroxyl groups excluding tert-OH is 1. The molecule has 15 heteroatoms. The fourth-order valence-corrected chi connectivity index (χ4v) is 3.98. The molecule has 3 rings (SSSR count). The van der Waals surface area contributed by atoms with E-state index in [-0.39, 0.29) is 40.5 Å². The zero-order valence-electron chi connectivity index (χ0n) is 19.7. The lowest BCUT2D eigenvalue weighted by atomic mass is 9.93. The van der Waals surface area contributed by atoms with Gasteiger partial charge in [-0.1, -0.05) is 6.07 Å². The van der Waals surface area contributed by atoms with Gasteiger partial charge in [-0.05, 0) is 55.2 Å². The van der Waals surface area contributed by atoms with E-state index in [9.17, 15) is 36.4 Å². The van der Waals surface area contributed by atoms with E-state index >= 15 is 0 Å². The lowest BCUT2D eigenvalue weighted by molar-refractivity contribution is -0.284. The number of benzene rings is 2. The zero-order chi connectivity index (χ0) is 28.4. The van der Waals surface area contributed by atoms with Gasteiger partial charge < -0.3 is 29.8 Å². The number of rotatable bonds is 12. The van der Waals surface area contributed by atoms with Crippen molar-refractivity contribution in [1.82, 2.24) is 0 Å². The molecule has 5 N–H and O–H groups in total. The summed E-state index contributed by atoms with van der Waals surface area (Å²) in [4.78, 5) is 30.9.